The smallest absolute Gasteiger partial charge is 0.406 e. The van der Waals surface area contributed by atoms with Crippen LogP contribution in [0.15, 0.2) is 30.5 Å². The van der Waals surface area contributed by atoms with Gasteiger partial charge in [0.1, 0.15) is 5.75 Å². The third-order valence-electron chi connectivity index (χ3n) is 3.14. The van der Waals surface area contributed by atoms with Crippen molar-refractivity contribution in [3.8, 4) is 5.75 Å². The Morgan fingerprint density at radius 3 is 2.67 bits per heavy atom. The fourth-order valence-corrected chi connectivity index (χ4v) is 2.63. The van der Waals surface area contributed by atoms with Crippen molar-refractivity contribution in [2.24, 2.45) is 0 Å². The van der Waals surface area contributed by atoms with Gasteiger partial charge in [-0.05, 0) is 18.1 Å². The summed E-state index contributed by atoms with van der Waals surface area (Å²) in [7, 11) is -2.59. The van der Waals surface area contributed by atoms with E-state index in [0.29, 0.717) is 24.2 Å². The number of halogens is 3. The third-order valence-corrected chi connectivity index (χ3v) is 4.13. The lowest BCUT2D eigenvalue weighted by Crippen LogP contribution is -2.18. The van der Waals surface area contributed by atoms with Crippen molar-refractivity contribution in [1.29, 1.82) is 4.78 Å². The summed E-state index contributed by atoms with van der Waals surface area (Å²) in [5.74, 6) is -0.0428. The van der Waals surface area contributed by atoms with Crippen LogP contribution in [0, 0.1) is 4.78 Å². The van der Waals surface area contributed by atoms with E-state index in [-0.39, 0.29) is 17.9 Å². The van der Waals surface area contributed by atoms with Crippen molar-refractivity contribution < 1.29 is 22.1 Å². The van der Waals surface area contributed by atoms with Crippen LogP contribution in [0.1, 0.15) is 11.3 Å². The number of para-hydroxylation sites is 1. The first-order valence-electron chi connectivity index (χ1n) is 7.06. The first kappa shape index (κ1) is 18.2. The molecule has 0 aliphatic carbocycles. The number of rotatable bonds is 7. The number of aromatic nitrogens is 3. The molecule has 1 heterocycles. The molecule has 1 unspecified atom stereocenters. The Morgan fingerprint density at radius 2 is 2.00 bits per heavy atom. The largest absolute Gasteiger partial charge is 0.573 e. The lowest BCUT2D eigenvalue weighted by Gasteiger charge is -2.12. The highest BCUT2D eigenvalue weighted by Gasteiger charge is 2.31. The molecule has 2 rings (SSSR count). The first-order chi connectivity index (χ1) is 11.1. The number of ether oxygens (including phenoxy) is 1. The van der Waals surface area contributed by atoms with Gasteiger partial charge in [0, 0.05) is 40.9 Å². The summed E-state index contributed by atoms with van der Waals surface area (Å²) in [4.78, 5) is 0. The van der Waals surface area contributed by atoms with E-state index in [1.165, 1.54) is 23.1 Å². The highest BCUT2D eigenvalue weighted by Crippen LogP contribution is 2.26. The summed E-state index contributed by atoms with van der Waals surface area (Å²) in [5.41, 5.74) is 1.01. The molecule has 1 N–H and O–H groups in total. The molecular weight excluding hydrogens is 345 g/mol. The second-order valence-electron chi connectivity index (χ2n) is 5.34. The average Bonchev–Trinajstić information content (AvgIpc) is 2.90. The minimum Gasteiger partial charge on any atom is -0.406 e. The summed E-state index contributed by atoms with van der Waals surface area (Å²) < 4.78 is 61.3. The maximum Gasteiger partial charge on any atom is 0.573 e. The summed E-state index contributed by atoms with van der Waals surface area (Å²) in [5, 5.41) is 7.79. The van der Waals surface area contributed by atoms with Crippen molar-refractivity contribution >= 4 is 9.73 Å². The minimum absolute atomic E-state index is 0.188. The molecule has 24 heavy (non-hydrogen) atoms. The molecule has 10 heteroatoms. The quantitative estimate of drug-likeness (QED) is 0.821. The molecule has 6 nitrogen and oxygen atoms in total. The molecule has 2 aromatic rings. The zero-order valence-electron chi connectivity index (χ0n) is 12.9. The van der Waals surface area contributed by atoms with Gasteiger partial charge in [0.05, 0.1) is 5.69 Å². The predicted molar refractivity (Wildman–Crippen MR) is 82.2 cm³/mol. The van der Waals surface area contributed by atoms with Crippen LogP contribution >= 0.6 is 0 Å². The van der Waals surface area contributed by atoms with Gasteiger partial charge in [0.15, 0.2) is 0 Å². The molecule has 0 bridgehead atoms. The van der Waals surface area contributed by atoms with Crippen LogP contribution in [0.2, 0.25) is 0 Å². The van der Waals surface area contributed by atoms with Gasteiger partial charge in [0.2, 0.25) is 0 Å². The van der Waals surface area contributed by atoms with Crippen molar-refractivity contribution in [3.05, 3.63) is 41.7 Å². The fourth-order valence-electron chi connectivity index (χ4n) is 2.03. The monoisotopic (exact) mass is 362 g/mol. The Labute approximate surface area is 137 Å². The second-order valence-corrected chi connectivity index (χ2v) is 7.76. The zero-order valence-corrected chi connectivity index (χ0v) is 13.7. The van der Waals surface area contributed by atoms with Crippen LogP contribution in [0.25, 0.3) is 0 Å². The molecule has 0 saturated heterocycles. The number of hydrogen-bond donors (Lipinski definition) is 1. The maximum absolute atomic E-state index is 12.4. The summed E-state index contributed by atoms with van der Waals surface area (Å²) in [6.45, 7) is 0.327. The number of alkyl halides is 3. The molecule has 0 radical (unpaired) electrons. The predicted octanol–water partition coefficient (Wildman–Crippen LogP) is 2.64. The lowest BCUT2D eigenvalue weighted by molar-refractivity contribution is -0.274. The maximum atomic E-state index is 12.4. The van der Waals surface area contributed by atoms with Gasteiger partial charge in [0.25, 0.3) is 0 Å². The molecule has 132 valence electrons. The molecule has 0 saturated carbocycles. The van der Waals surface area contributed by atoms with Crippen LogP contribution in [0.4, 0.5) is 13.2 Å². The Kier molecular flexibility index (Phi) is 5.47. The van der Waals surface area contributed by atoms with E-state index in [4.69, 9.17) is 4.78 Å². The number of benzene rings is 1. The fraction of sp³-hybridized carbons (Fsp3) is 0.429. The Morgan fingerprint density at radius 1 is 1.29 bits per heavy atom. The van der Waals surface area contributed by atoms with E-state index in [2.05, 4.69) is 15.0 Å². The molecule has 0 amide bonds. The van der Waals surface area contributed by atoms with E-state index >= 15 is 0 Å². The van der Waals surface area contributed by atoms with Crippen LogP contribution in [-0.2, 0) is 29.1 Å². The average molecular weight is 362 g/mol. The normalized spacial score (nSPS) is 14.3. The number of nitrogens with zero attached hydrogens (tertiary/aromatic N) is 3. The molecule has 0 aliphatic rings. The second kappa shape index (κ2) is 7.20. The van der Waals surface area contributed by atoms with Gasteiger partial charge in [-0.15, -0.1) is 18.3 Å². The molecule has 1 aromatic heterocycles. The Hall–Kier alpha value is -2.10. The lowest BCUT2D eigenvalue weighted by atomic mass is 10.1. The van der Waals surface area contributed by atoms with Gasteiger partial charge < -0.3 is 4.74 Å². The van der Waals surface area contributed by atoms with Gasteiger partial charge in [-0.3, -0.25) is 13.7 Å². The van der Waals surface area contributed by atoms with E-state index in [0.717, 1.165) is 0 Å². The molecular formula is C14H17F3N4O2S. The Bertz CT molecular complexity index is 787. The summed E-state index contributed by atoms with van der Waals surface area (Å²) in [6, 6.07) is 5.94. The summed E-state index contributed by atoms with van der Waals surface area (Å²) >= 11 is 0. The Balaban J connectivity index is 1.98. The van der Waals surface area contributed by atoms with Gasteiger partial charge in [-0.1, -0.05) is 23.4 Å². The zero-order chi connectivity index (χ0) is 17.8. The molecule has 0 aliphatic heterocycles. The van der Waals surface area contributed by atoms with Gasteiger partial charge >= 0.3 is 6.36 Å². The van der Waals surface area contributed by atoms with Gasteiger partial charge in [-0.2, -0.15) is 0 Å². The summed E-state index contributed by atoms with van der Waals surface area (Å²) in [6.07, 6.45) is -1.09. The van der Waals surface area contributed by atoms with Gasteiger partial charge in [-0.25, -0.2) is 0 Å². The molecule has 0 fully saturated rings. The topological polar surface area (TPSA) is 80.9 Å². The van der Waals surface area contributed by atoms with Crippen LogP contribution in [-0.4, -0.2) is 37.6 Å². The van der Waals surface area contributed by atoms with Crippen molar-refractivity contribution in [1.82, 2.24) is 15.0 Å². The van der Waals surface area contributed by atoms with Crippen molar-refractivity contribution in [3.63, 3.8) is 0 Å². The van der Waals surface area contributed by atoms with Crippen LogP contribution in [0.5, 0.6) is 5.75 Å². The SMILES string of the molecule is CS(=N)(=O)CCc1cn(CCc2ccccc2OC(F)(F)F)nn1. The number of nitrogens with one attached hydrogen (secondary N) is 1. The third kappa shape index (κ3) is 6.19. The van der Waals surface area contributed by atoms with E-state index < -0.39 is 16.1 Å². The van der Waals surface area contributed by atoms with Crippen LogP contribution in [0.3, 0.4) is 0 Å². The molecule has 1 aromatic carbocycles. The number of hydrogen-bond acceptors (Lipinski definition) is 5. The molecule has 0 spiro atoms. The number of aryl methyl sites for hydroxylation is 3. The minimum atomic E-state index is -4.74. The highest BCUT2D eigenvalue weighted by molar-refractivity contribution is 7.91. The van der Waals surface area contributed by atoms with Crippen molar-refractivity contribution in [2.75, 3.05) is 12.0 Å². The first-order valence-corrected chi connectivity index (χ1v) is 9.20. The van der Waals surface area contributed by atoms with E-state index in [1.54, 1.807) is 18.3 Å². The van der Waals surface area contributed by atoms with Crippen LogP contribution < -0.4 is 4.74 Å². The molecule has 1 atom stereocenters. The van der Waals surface area contributed by atoms with E-state index in [9.17, 15) is 17.4 Å². The van der Waals surface area contributed by atoms with E-state index in [1.807, 2.05) is 0 Å². The standard InChI is InChI=1S/C14H17F3N4O2S/c1-24(18,22)9-7-12-10-21(20-19-12)8-6-11-4-2-3-5-13(11)23-14(15,16)17/h2-5,10,18H,6-9H2,1H3. The highest BCUT2D eigenvalue weighted by atomic mass is 32.2. The van der Waals surface area contributed by atoms with Crippen molar-refractivity contribution in [2.45, 2.75) is 25.7 Å².